The number of hydrogen-bond acceptors (Lipinski definition) is 6. The molecule has 6 nitrogen and oxygen atoms in total. The SMILES string of the molecule is CSc1sc(-c2ccccc2)c2[nH+]c3c4ccccc4c4ccccc4c3n[n+]12.O=S([O-])Oc1ccccc1. The Bertz CT molecular complexity index is 1960. The Labute approximate surface area is 235 Å². The minimum Gasteiger partial charge on any atom is -0.740 e. The van der Waals surface area contributed by atoms with Gasteiger partial charge in [-0.25, -0.2) is 4.21 Å². The molecule has 0 saturated carbocycles. The second-order valence-corrected chi connectivity index (χ2v) is 11.2. The maximum Gasteiger partial charge on any atom is 0.493 e. The second kappa shape index (κ2) is 11.1. The molecule has 0 spiro atoms. The van der Waals surface area contributed by atoms with Crippen molar-refractivity contribution in [3.8, 4) is 16.2 Å². The van der Waals surface area contributed by atoms with Gasteiger partial charge in [0.1, 0.15) is 17.1 Å². The van der Waals surface area contributed by atoms with Crippen LogP contribution in [0.1, 0.15) is 0 Å². The number of H-pyrrole nitrogens is 1. The summed E-state index contributed by atoms with van der Waals surface area (Å²) in [5.74, 6) is 0.329. The highest BCUT2D eigenvalue weighted by Gasteiger charge is 2.31. The van der Waals surface area contributed by atoms with E-state index in [9.17, 15) is 8.76 Å². The quantitative estimate of drug-likeness (QED) is 0.106. The van der Waals surface area contributed by atoms with Crippen LogP contribution < -0.4 is 13.7 Å². The first-order chi connectivity index (χ1) is 19.1. The third-order valence-electron chi connectivity index (χ3n) is 6.26. The van der Waals surface area contributed by atoms with Crippen LogP contribution in [0.15, 0.2) is 114 Å². The van der Waals surface area contributed by atoms with Crippen LogP contribution in [-0.4, -0.2) is 20.1 Å². The fraction of sp³-hybridized carbons (Fsp3) is 0.0333. The Morgan fingerprint density at radius 2 is 1.38 bits per heavy atom. The highest BCUT2D eigenvalue weighted by molar-refractivity contribution is 8.00. The van der Waals surface area contributed by atoms with Crippen molar-refractivity contribution in [1.82, 2.24) is 5.10 Å². The summed E-state index contributed by atoms with van der Waals surface area (Å²) in [7, 11) is 0. The van der Waals surface area contributed by atoms with E-state index in [0.717, 1.165) is 21.0 Å². The van der Waals surface area contributed by atoms with Crippen LogP contribution in [0.5, 0.6) is 5.75 Å². The molecule has 7 rings (SSSR count). The Morgan fingerprint density at radius 1 is 0.821 bits per heavy atom. The smallest absolute Gasteiger partial charge is 0.493 e. The van der Waals surface area contributed by atoms with E-state index in [0.29, 0.717) is 5.75 Å². The number of nitrogens with zero attached hydrogens (tertiary/aromatic N) is 2. The molecule has 2 heterocycles. The third kappa shape index (κ3) is 4.97. The summed E-state index contributed by atoms with van der Waals surface area (Å²) in [4.78, 5) is 4.97. The van der Waals surface area contributed by atoms with E-state index in [1.54, 1.807) is 53.4 Å². The van der Waals surface area contributed by atoms with Crippen molar-refractivity contribution in [2.24, 2.45) is 0 Å². The number of para-hydroxylation sites is 1. The lowest BCUT2D eigenvalue weighted by atomic mass is 10.00. The van der Waals surface area contributed by atoms with Gasteiger partial charge in [0.2, 0.25) is 11.0 Å². The molecule has 192 valence electrons. The van der Waals surface area contributed by atoms with E-state index in [1.165, 1.54) is 32.0 Å². The van der Waals surface area contributed by atoms with Gasteiger partial charge < -0.3 is 8.74 Å². The van der Waals surface area contributed by atoms with Crippen LogP contribution in [0.3, 0.4) is 0 Å². The predicted molar refractivity (Wildman–Crippen MR) is 158 cm³/mol. The average molecular weight is 569 g/mol. The maximum atomic E-state index is 9.95. The second-order valence-electron chi connectivity index (χ2n) is 8.57. The van der Waals surface area contributed by atoms with Gasteiger partial charge in [-0.2, -0.15) is 0 Å². The predicted octanol–water partition coefficient (Wildman–Crippen LogP) is 6.40. The van der Waals surface area contributed by atoms with Gasteiger partial charge in [-0.05, 0) is 58.3 Å². The van der Waals surface area contributed by atoms with E-state index in [-0.39, 0.29) is 0 Å². The molecule has 1 unspecified atom stereocenters. The van der Waals surface area contributed by atoms with Crippen LogP contribution >= 0.6 is 23.1 Å². The number of rotatable bonds is 4. The molecule has 0 aliphatic carbocycles. The monoisotopic (exact) mass is 568 g/mol. The summed E-state index contributed by atoms with van der Waals surface area (Å²) >= 11 is 1.04. The first-order valence-corrected chi connectivity index (χ1v) is 15.1. The fourth-order valence-corrected chi connectivity index (χ4v) is 6.64. The van der Waals surface area contributed by atoms with Gasteiger partial charge in [0.05, 0.1) is 5.39 Å². The van der Waals surface area contributed by atoms with Crippen molar-refractivity contribution in [2.75, 3.05) is 6.26 Å². The highest BCUT2D eigenvalue weighted by Crippen LogP contribution is 2.35. The minimum absolute atomic E-state index is 0.329. The zero-order chi connectivity index (χ0) is 26.8. The lowest BCUT2D eigenvalue weighted by Gasteiger charge is -2.05. The molecule has 1 atom stereocenters. The van der Waals surface area contributed by atoms with Crippen LogP contribution in [0.4, 0.5) is 0 Å². The number of benzene rings is 5. The number of aromatic amines is 1. The van der Waals surface area contributed by atoms with Gasteiger partial charge in [-0.15, -0.1) is 4.98 Å². The van der Waals surface area contributed by atoms with Gasteiger partial charge in [0.25, 0.3) is 0 Å². The van der Waals surface area contributed by atoms with Crippen LogP contribution in [0.25, 0.3) is 48.7 Å². The lowest BCUT2D eigenvalue weighted by molar-refractivity contribution is -0.651. The van der Waals surface area contributed by atoms with E-state index >= 15 is 0 Å². The molecular weight excluding hydrogens is 547 g/mol. The Balaban J connectivity index is 0.000000235. The van der Waals surface area contributed by atoms with Crippen molar-refractivity contribution in [2.45, 2.75) is 4.34 Å². The molecule has 9 heteroatoms. The van der Waals surface area contributed by atoms with Gasteiger partial charge in [-0.1, -0.05) is 91.0 Å². The summed E-state index contributed by atoms with van der Waals surface area (Å²) < 4.78 is 27.5. The van der Waals surface area contributed by atoms with Crippen LogP contribution in [0, 0.1) is 0 Å². The molecule has 0 amide bonds. The Morgan fingerprint density at radius 3 is 2.03 bits per heavy atom. The maximum absolute atomic E-state index is 9.95. The summed E-state index contributed by atoms with van der Waals surface area (Å²) in [6.07, 6.45) is 2.11. The molecule has 1 N–H and O–H groups in total. The summed E-state index contributed by atoms with van der Waals surface area (Å²) in [6.45, 7) is 0. The molecule has 0 aliphatic heterocycles. The summed E-state index contributed by atoms with van der Waals surface area (Å²) in [6, 6.07) is 36.0. The molecule has 0 radical (unpaired) electrons. The van der Waals surface area contributed by atoms with Gasteiger partial charge in [0.15, 0.2) is 4.88 Å². The van der Waals surface area contributed by atoms with Crippen molar-refractivity contribution in [3.05, 3.63) is 109 Å². The first kappa shape index (κ1) is 25.4. The average Bonchev–Trinajstić information content (AvgIpc) is 3.35. The van der Waals surface area contributed by atoms with Crippen molar-refractivity contribution in [1.29, 1.82) is 0 Å². The summed E-state index contributed by atoms with van der Waals surface area (Å²) in [5.41, 5.74) is 4.34. The molecule has 5 aromatic carbocycles. The number of aromatic nitrogens is 3. The molecular formula is C30H22N3O3S3+. The number of fused-ring (bicyclic) bond motifs is 7. The van der Waals surface area contributed by atoms with Crippen molar-refractivity contribution >= 4 is 72.7 Å². The zero-order valence-corrected chi connectivity index (χ0v) is 23.2. The number of nitrogens with one attached hydrogen (secondary N) is 1. The van der Waals surface area contributed by atoms with E-state index < -0.39 is 11.4 Å². The van der Waals surface area contributed by atoms with E-state index in [2.05, 4.69) is 98.8 Å². The third-order valence-corrected chi connectivity index (χ3v) is 8.84. The van der Waals surface area contributed by atoms with E-state index in [4.69, 9.17) is 5.10 Å². The first-order valence-electron chi connectivity index (χ1n) is 12.1. The molecule has 7 aromatic rings. The normalized spacial score (nSPS) is 11.9. The Hall–Kier alpha value is -3.89. The van der Waals surface area contributed by atoms with Crippen molar-refractivity contribution < 1.29 is 22.4 Å². The fourth-order valence-electron chi connectivity index (χ4n) is 4.61. The van der Waals surface area contributed by atoms with Crippen molar-refractivity contribution in [3.63, 3.8) is 0 Å². The minimum atomic E-state index is -2.47. The molecule has 0 saturated heterocycles. The highest BCUT2D eigenvalue weighted by atomic mass is 32.2. The molecule has 0 aliphatic rings. The number of hydrogen-bond donors (Lipinski definition) is 0. The van der Waals surface area contributed by atoms with Crippen LogP contribution in [0.2, 0.25) is 0 Å². The number of thioether (sulfide) groups is 1. The molecule has 39 heavy (non-hydrogen) atoms. The molecule has 2 aromatic heterocycles. The van der Waals surface area contributed by atoms with Gasteiger partial charge in [-0.3, -0.25) is 0 Å². The lowest BCUT2D eigenvalue weighted by Crippen LogP contribution is -2.33. The molecule has 0 fully saturated rings. The van der Waals surface area contributed by atoms with E-state index in [1.807, 2.05) is 0 Å². The van der Waals surface area contributed by atoms with Gasteiger partial charge in [0, 0.05) is 20.6 Å². The topological polar surface area (TPSA) is 80.5 Å². The van der Waals surface area contributed by atoms with Gasteiger partial charge >= 0.3 is 9.99 Å². The zero-order valence-electron chi connectivity index (χ0n) is 20.7. The molecule has 0 bridgehead atoms. The Kier molecular flexibility index (Phi) is 7.21. The standard InChI is InChI=1S/C24H16N3S2.C6H6O3S/c1-28-24-27-23(22(29-24)15-9-3-2-4-10-15)25-20-18-13-7-5-11-16(18)17-12-6-8-14-19(17)21(20)26-27;7-10(8)9-6-4-2-1-3-5-6/h2-14H,1H3;1-5H,(H,7,8)/q+1;. The number of thiazole rings is 1. The largest absolute Gasteiger partial charge is 0.740 e. The summed E-state index contributed by atoms with van der Waals surface area (Å²) in [5, 5.41) is 10.0. The van der Waals surface area contributed by atoms with Crippen LogP contribution in [-0.2, 0) is 11.4 Å².